The number of benzene rings is 1. The Morgan fingerprint density at radius 3 is 2.97 bits per heavy atom. The maximum Gasteiger partial charge on any atom is 0.307 e. The molecule has 0 saturated heterocycles. The highest BCUT2D eigenvalue weighted by atomic mass is 16.4. The second-order valence-electron chi connectivity index (χ2n) is 7.31. The highest BCUT2D eigenvalue weighted by molar-refractivity contribution is 5.90. The number of rotatable bonds is 6. The Morgan fingerprint density at radius 1 is 1.22 bits per heavy atom. The average molecular weight is 428 g/mol. The number of H-pyrrole nitrogens is 1. The zero-order valence-corrected chi connectivity index (χ0v) is 17.5. The fourth-order valence-electron chi connectivity index (χ4n) is 3.33. The molecule has 0 atom stereocenters. The van der Waals surface area contributed by atoms with Crippen LogP contribution in [0, 0.1) is 6.92 Å². The Morgan fingerprint density at radius 2 is 2.12 bits per heavy atom. The van der Waals surface area contributed by atoms with Gasteiger partial charge in [-0.3, -0.25) is 9.48 Å². The summed E-state index contributed by atoms with van der Waals surface area (Å²) in [6.45, 7) is 2.23. The summed E-state index contributed by atoms with van der Waals surface area (Å²) in [6.07, 6.45) is 6.67. The van der Waals surface area contributed by atoms with Crippen molar-refractivity contribution >= 4 is 28.6 Å². The zero-order valence-electron chi connectivity index (χ0n) is 17.5. The van der Waals surface area contributed by atoms with E-state index in [1.165, 1.54) is 6.26 Å². The predicted molar refractivity (Wildman–Crippen MR) is 118 cm³/mol. The van der Waals surface area contributed by atoms with Crippen molar-refractivity contribution in [3.8, 4) is 11.4 Å². The van der Waals surface area contributed by atoms with E-state index in [-0.39, 0.29) is 5.89 Å². The third-order valence-electron chi connectivity index (χ3n) is 5.04. The molecule has 10 heteroatoms. The number of carbonyl (C=O) groups excluding carboxylic acids is 1. The lowest BCUT2D eigenvalue weighted by molar-refractivity contribution is 0.0916. The maximum absolute atomic E-state index is 12.5. The van der Waals surface area contributed by atoms with E-state index in [4.69, 9.17) is 4.42 Å². The third-order valence-corrected chi connectivity index (χ3v) is 5.04. The SMILES string of the molecule is Cc1cnc(Nc2ccnn2C)nc1-c1coc(C(=O)NCc2ccc3[nH]ccc3c2)n1. The smallest absolute Gasteiger partial charge is 0.307 e. The molecular weight excluding hydrogens is 408 g/mol. The Hall–Kier alpha value is -4.47. The van der Waals surface area contributed by atoms with Gasteiger partial charge in [0.05, 0.1) is 6.20 Å². The second-order valence-corrected chi connectivity index (χ2v) is 7.31. The Labute approximate surface area is 182 Å². The lowest BCUT2D eigenvalue weighted by Crippen LogP contribution is -2.23. The fourth-order valence-corrected chi connectivity index (χ4v) is 3.33. The summed E-state index contributed by atoms with van der Waals surface area (Å²) in [6, 6.07) is 9.77. The summed E-state index contributed by atoms with van der Waals surface area (Å²) in [5.41, 5.74) is 3.87. The van der Waals surface area contributed by atoms with Crippen LogP contribution in [-0.2, 0) is 13.6 Å². The first-order chi connectivity index (χ1) is 15.6. The van der Waals surface area contributed by atoms with Gasteiger partial charge in [0.1, 0.15) is 23.5 Å². The Bertz CT molecular complexity index is 1410. The van der Waals surface area contributed by atoms with Gasteiger partial charge in [-0.05, 0) is 41.6 Å². The summed E-state index contributed by atoms with van der Waals surface area (Å²) in [4.78, 5) is 28.9. The van der Waals surface area contributed by atoms with E-state index in [0.717, 1.165) is 27.8 Å². The summed E-state index contributed by atoms with van der Waals surface area (Å²) in [5, 5.41) is 11.1. The maximum atomic E-state index is 12.5. The third kappa shape index (κ3) is 3.81. The van der Waals surface area contributed by atoms with E-state index in [1.54, 1.807) is 17.1 Å². The molecule has 0 radical (unpaired) electrons. The van der Waals surface area contributed by atoms with Gasteiger partial charge in [0.15, 0.2) is 0 Å². The number of oxazole rings is 1. The van der Waals surface area contributed by atoms with Crippen molar-refractivity contribution in [2.75, 3.05) is 5.32 Å². The molecule has 0 aliphatic heterocycles. The molecule has 0 saturated carbocycles. The van der Waals surface area contributed by atoms with Gasteiger partial charge in [-0.15, -0.1) is 0 Å². The molecule has 0 aliphatic rings. The number of carbonyl (C=O) groups is 1. The standard InChI is InChI=1S/C22H20N8O2/c1-13-10-25-22(28-18-6-8-26-30(18)2)29-19(13)17-12-32-21(27-17)20(31)24-11-14-3-4-16-15(9-14)5-7-23-16/h3-10,12,23H,11H2,1-2H3,(H,24,31)(H,25,28,29). The topological polar surface area (TPSA) is 127 Å². The van der Waals surface area contributed by atoms with E-state index in [1.807, 2.05) is 50.5 Å². The number of nitrogens with zero attached hydrogens (tertiary/aromatic N) is 5. The minimum atomic E-state index is -0.398. The van der Waals surface area contributed by atoms with E-state index in [2.05, 4.69) is 35.7 Å². The van der Waals surface area contributed by atoms with Crippen molar-refractivity contribution in [2.45, 2.75) is 13.5 Å². The monoisotopic (exact) mass is 428 g/mol. The first-order valence-corrected chi connectivity index (χ1v) is 9.95. The molecule has 0 spiro atoms. The van der Waals surface area contributed by atoms with Crippen molar-refractivity contribution in [1.29, 1.82) is 0 Å². The van der Waals surface area contributed by atoms with Crippen LogP contribution in [-0.4, -0.2) is 35.6 Å². The van der Waals surface area contributed by atoms with E-state index in [0.29, 0.717) is 23.9 Å². The van der Waals surface area contributed by atoms with E-state index < -0.39 is 5.91 Å². The molecule has 4 heterocycles. The molecule has 3 N–H and O–H groups in total. The van der Waals surface area contributed by atoms with Crippen LogP contribution in [0.25, 0.3) is 22.3 Å². The van der Waals surface area contributed by atoms with Crippen molar-refractivity contribution in [2.24, 2.45) is 7.05 Å². The highest BCUT2D eigenvalue weighted by Gasteiger charge is 2.17. The molecule has 5 rings (SSSR count). The van der Waals surface area contributed by atoms with E-state index >= 15 is 0 Å². The van der Waals surface area contributed by atoms with Crippen LogP contribution in [0.5, 0.6) is 0 Å². The van der Waals surface area contributed by atoms with Gasteiger partial charge >= 0.3 is 5.91 Å². The summed E-state index contributed by atoms with van der Waals surface area (Å²) >= 11 is 0. The number of fused-ring (bicyclic) bond motifs is 1. The van der Waals surface area contributed by atoms with Crippen LogP contribution in [0.15, 0.2) is 59.6 Å². The van der Waals surface area contributed by atoms with Crippen LogP contribution < -0.4 is 10.6 Å². The van der Waals surface area contributed by atoms with Gasteiger partial charge < -0.3 is 20.0 Å². The molecular formula is C22H20N8O2. The number of hydrogen-bond donors (Lipinski definition) is 3. The first-order valence-electron chi connectivity index (χ1n) is 9.95. The molecule has 160 valence electrons. The molecule has 1 aromatic carbocycles. The van der Waals surface area contributed by atoms with Crippen LogP contribution in [0.2, 0.25) is 0 Å². The largest absolute Gasteiger partial charge is 0.440 e. The van der Waals surface area contributed by atoms with Gasteiger partial charge in [0, 0.05) is 37.6 Å². The number of nitrogens with one attached hydrogen (secondary N) is 3. The first kappa shape index (κ1) is 19.5. The van der Waals surface area contributed by atoms with Gasteiger partial charge in [0.2, 0.25) is 5.95 Å². The number of hydrogen-bond acceptors (Lipinski definition) is 7. The molecule has 4 aromatic heterocycles. The van der Waals surface area contributed by atoms with Crippen molar-refractivity contribution in [1.82, 2.24) is 35.0 Å². The van der Waals surface area contributed by atoms with Crippen molar-refractivity contribution in [3.63, 3.8) is 0 Å². The Kier molecular flexibility index (Phi) is 4.86. The number of aromatic nitrogens is 6. The summed E-state index contributed by atoms with van der Waals surface area (Å²) in [7, 11) is 1.82. The van der Waals surface area contributed by atoms with Gasteiger partial charge in [-0.1, -0.05) is 6.07 Å². The lowest BCUT2D eigenvalue weighted by Gasteiger charge is -2.07. The lowest BCUT2D eigenvalue weighted by atomic mass is 10.1. The Balaban J connectivity index is 1.30. The van der Waals surface area contributed by atoms with Gasteiger partial charge in [-0.25, -0.2) is 15.0 Å². The normalized spacial score (nSPS) is 11.1. The molecule has 1 amide bonds. The quantitative estimate of drug-likeness (QED) is 0.379. The van der Waals surface area contributed by atoms with Crippen LogP contribution in [0.3, 0.4) is 0 Å². The minimum Gasteiger partial charge on any atom is -0.440 e. The van der Waals surface area contributed by atoms with Gasteiger partial charge in [0.25, 0.3) is 5.89 Å². The molecule has 0 fully saturated rings. The van der Waals surface area contributed by atoms with Crippen LogP contribution in [0.4, 0.5) is 11.8 Å². The molecule has 32 heavy (non-hydrogen) atoms. The molecule has 10 nitrogen and oxygen atoms in total. The minimum absolute atomic E-state index is 0.0260. The number of aromatic amines is 1. The average Bonchev–Trinajstić information content (AvgIpc) is 3.54. The molecule has 5 aromatic rings. The predicted octanol–water partition coefficient (Wildman–Crippen LogP) is 3.33. The number of amides is 1. The summed E-state index contributed by atoms with van der Waals surface area (Å²) < 4.78 is 7.10. The second kappa shape index (κ2) is 7.99. The number of aryl methyl sites for hydroxylation is 2. The number of anilines is 2. The van der Waals surface area contributed by atoms with Crippen molar-refractivity contribution < 1.29 is 9.21 Å². The molecule has 0 aliphatic carbocycles. The molecule has 0 bridgehead atoms. The van der Waals surface area contributed by atoms with E-state index in [9.17, 15) is 4.79 Å². The van der Waals surface area contributed by atoms with Crippen LogP contribution in [0.1, 0.15) is 21.8 Å². The fraction of sp³-hybridized carbons (Fsp3) is 0.136. The van der Waals surface area contributed by atoms with Gasteiger partial charge in [-0.2, -0.15) is 5.10 Å². The zero-order chi connectivity index (χ0) is 22.1. The highest BCUT2D eigenvalue weighted by Crippen LogP contribution is 2.22. The van der Waals surface area contributed by atoms with Crippen molar-refractivity contribution in [3.05, 3.63) is 72.2 Å². The summed E-state index contributed by atoms with van der Waals surface area (Å²) in [5.74, 6) is 0.716. The molecule has 0 unspecified atom stereocenters. The van der Waals surface area contributed by atoms with Crippen LogP contribution >= 0.6 is 0 Å².